The van der Waals surface area contributed by atoms with Crippen LogP contribution in [0.3, 0.4) is 0 Å². The Hall–Kier alpha value is -0.790. The molecule has 0 aliphatic heterocycles. The van der Waals surface area contributed by atoms with Crippen molar-refractivity contribution in [1.82, 2.24) is 0 Å². The summed E-state index contributed by atoms with van der Waals surface area (Å²) >= 11 is 0. The third-order valence-corrected chi connectivity index (χ3v) is 3.56. The van der Waals surface area contributed by atoms with Crippen LogP contribution in [-0.2, 0) is 9.53 Å². The van der Waals surface area contributed by atoms with Gasteiger partial charge in [-0.3, -0.25) is 4.79 Å². The largest absolute Gasteiger partial charge is 0.462 e. The van der Waals surface area contributed by atoms with E-state index in [-0.39, 0.29) is 12.1 Å². The maximum atomic E-state index is 11.5. The fraction of sp³-hybridized carbons (Fsp3) is 0.786. The molecule has 0 N–H and O–H groups in total. The molecule has 0 aromatic heterocycles. The second-order valence-electron chi connectivity index (χ2n) is 5.11. The van der Waals surface area contributed by atoms with Crippen LogP contribution in [0.5, 0.6) is 0 Å². The van der Waals surface area contributed by atoms with Crippen LogP contribution in [0.25, 0.3) is 0 Å². The number of carbonyl (C=O) groups is 1. The Morgan fingerprint density at radius 3 is 2.69 bits per heavy atom. The number of rotatable bonds is 4. The molecular weight excluding hydrogens is 200 g/mol. The van der Waals surface area contributed by atoms with Crippen LogP contribution in [0, 0.1) is 11.8 Å². The van der Waals surface area contributed by atoms with Gasteiger partial charge in [0.2, 0.25) is 0 Å². The fourth-order valence-corrected chi connectivity index (χ4v) is 2.32. The zero-order valence-corrected chi connectivity index (χ0v) is 10.8. The molecule has 2 nitrogen and oxygen atoms in total. The Kier molecular flexibility index (Phi) is 5.04. The van der Waals surface area contributed by atoms with Crippen LogP contribution < -0.4 is 0 Å². The molecule has 0 radical (unpaired) electrons. The second-order valence-corrected chi connectivity index (χ2v) is 5.11. The Bertz CT molecular complexity index is 257. The van der Waals surface area contributed by atoms with Crippen molar-refractivity contribution in [2.24, 2.45) is 11.8 Å². The van der Waals surface area contributed by atoms with Crippen LogP contribution in [0.2, 0.25) is 0 Å². The average Bonchev–Trinajstić information content (AvgIpc) is 2.21. The van der Waals surface area contributed by atoms with Crippen LogP contribution in [0.4, 0.5) is 0 Å². The van der Waals surface area contributed by atoms with Gasteiger partial charge in [-0.1, -0.05) is 26.0 Å². The second kappa shape index (κ2) is 6.07. The van der Waals surface area contributed by atoms with Crippen molar-refractivity contribution in [2.75, 3.05) is 0 Å². The van der Waals surface area contributed by atoms with E-state index < -0.39 is 0 Å². The summed E-state index contributed by atoms with van der Waals surface area (Å²) in [5, 5.41) is 0. The number of hydrogen-bond donors (Lipinski definition) is 0. The number of carbonyl (C=O) groups excluding carboxylic acids is 1. The van der Waals surface area contributed by atoms with Gasteiger partial charge in [-0.05, 0) is 44.4 Å². The predicted molar refractivity (Wildman–Crippen MR) is 66.1 cm³/mol. The van der Waals surface area contributed by atoms with E-state index in [1.54, 1.807) is 0 Å². The van der Waals surface area contributed by atoms with Crippen molar-refractivity contribution >= 4 is 5.97 Å². The van der Waals surface area contributed by atoms with E-state index in [9.17, 15) is 4.79 Å². The van der Waals surface area contributed by atoms with Gasteiger partial charge in [0.05, 0.1) is 0 Å². The van der Waals surface area contributed by atoms with Crippen molar-refractivity contribution in [3.8, 4) is 0 Å². The monoisotopic (exact) mass is 224 g/mol. The summed E-state index contributed by atoms with van der Waals surface area (Å²) in [5.74, 6) is 0.994. The zero-order chi connectivity index (χ0) is 12.1. The van der Waals surface area contributed by atoms with E-state index in [0.717, 1.165) is 19.3 Å². The van der Waals surface area contributed by atoms with Gasteiger partial charge in [0, 0.05) is 6.42 Å². The molecule has 0 saturated heterocycles. The zero-order valence-electron chi connectivity index (χ0n) is 10.8. The quantitative estimate of drug-likeness (QED) is 0.537. The Labute approximate surface area is 99.1 Å². The van der Waals surface area contributed by atoms with E-state index in [2.05, 4.69) is 20.4 Å². The first-order chi connectivity index (χ1) is 7.54. The highest BCUT2D eigenvalue weighted by Crippen LogP contribution is 2.34. The summed E-state index contributed by atoms with van der Waals surface area (Å²) in [6.07, 6.45) is 4.81. The van der Waals surface area contributed by atoms with E-state index in [1.165, 1.54) is 12.0 Å². The highest BCUT2D eigenvalue weighted by molar-refractivity contribution is 5.69. The highest BCUT2D eigenvalue weighted by atomic mass is 16.5. The number of ether oxygens (including phenoxy) is 1. The maximum absolute atomic E-state index is 11.5. The first-order valence-corrected chi connectivity index (χ1v) is 6.39. The molecule has 1 rings (SSSR count). The molecule has 0 heterocycles. The van der Waals surface area contributed by atoms with Gasteiger partial charge in [0.15, 0.2) is 0 Å². The topological polar surface area (TPSA) is 26.3 Å². The Morgan fingerprint density at radius 2 is 2.12 bits per heavy atom. The molecule has 3 atom stereocenters. The van der Waals surface area contributed by atoms with Gasteiger partial charge in [0.25, 0.3) is 0 Å². The molecule has 1 fully saturated rings. The van der Waals surface area contributed by atoms with Crippen molar-refractivity contribution in [3.05, 3.63) is 12.2 Å². The van der Waals surface area contributed by atoms with Crippen LogP contribution >= 0.6 is 0 Å². The third kappa shape index (κ3) is 3.66. The van der Waals surface area contributed by atoms with Crippen LogP contribution in [-0.4, -0.2) is 12.1 Å². The number of allylic oxidation sites excluding steroid dienone is 1. The van der Waals surface area contributed by atoms with Crippen LogP contribution in [0.1, 0.15) is 52.9 Å². The fourth-order valence-electron chi connectivity index (χ4n) is 2.32. The first-order valence-electron chi connectivity index (χ1n) is 6.39. The smallest absolute Gasteiger partial charge is 0.306 e. The van der Waals surface area contributed by atoms with Crippen molar-refractivity contribution in [1.29, 1.82) is 0 Å². The summed E-state index contributed by atoms with van der Waals surface area (Å²) in [6, 6.07) is 0. The normalized spacial score (nSPS) is 29.8. The third-order valence-electron chi connectivity index (χ3n) is 3.56. The predicted octanol–water partition coefficient (Wildman–Crippen LogP) is 3.71. The Morgan fingerprint density at radius 1 is 1.44 bits per heavy atom. The summed E-state index contributed by atoms with van der Waals surface area (Å²) in [6.45, 7) is 10.3. The molecule has 1 saturated carbocycles. The molecule has 92 valence electrons. The minimum Gasteiger partial charge on any atom is -0.462 e. The van der Waals surface area contributed by atoms with Gasteiger partial charge in [-0.2, -0.15) is 0 Å². The minimum atomic E-state index is -0.0401. The van der Waals surface area contributed by atoms with Gasteiger partial charge in [-0.15, -0.1) is 0 Å². The molecule has 0 aromatic carbocycles. The summed E-state index contributed by atoms with van der Waals surface area (Å²) in [4.78, 5) is 11.5. The van der Waals surface area contributed by atoms with Gasteiger partial charge in [0.1, 0.15) is 6.10 Å². The molecule has 1 aliphatic rings. The van der Waals surface area contributed by atoms with E-state index in [1.807, 2.05) is 6.92 Å². The molecule has 0 unspecified atom stereocenters. The molecule has 0 bridgehead atoms. The van der Waals surface area contributed by atoms with Gasteiger partial charge >= 0.3 is 5.97 Å². The molecular formula is C14H24O2. The maximum Gasteiger partial charge on any atom is 0.306 e. The number of hydrogen-bond acceptors (Lipinski definition) is 2. The first kappa shape index (κ1) is 13.3. The molecule has 0 amide bonds. The lowest BCUT2D eigenvalue weighted by Crippen LogP contribution is -2.32. The SMILES string of the molecule is C=C(C)[C@H]1CC[C@H](C)[C@@H](OC(=O)CCC)C1. The van der Waals surface area contributed by atoms with Gasteiger partial charge < -0.3 is 4.74 Å². The summed E-state index contributed by atoms with van der Waals surface area (Å²) < 4.78 is 5.54. The van der Waals surface area contributed by atoms with Crippen molar-refractivity contribution in [2.45, 2.75) is 59.0 Å². The number of esters is 1. The molecule has 0 spiro atoms. The lowest BCUT2D eigenvalue weighted by atomic mass is 9.78. The van der Waals surface area contributed by atoms with Crippen LogP contribution in [0.15, 0.2) is 12.2 Å². The Balaban J connectivity index is 2.49. The van der Waals surface area contributed by atoms with E-state index in [4.69, 9.17) is 4.74 Å². The molecule has 0 aromatic rings. The average molecular weight is 224 g/mol. The van der Waals surface area contributed by atoms with Crippen molar-refractivity contribution in [3.63, 3.8) is 0 Å². The van der Waals surface area contributed by atoms with Gasteiger partial charge in [-0.25, -0.2) is 0 Å². The standard InChI is InChI=1S/C14H24O2/c1-5-6-14(15)16-13-9-12(10(2)3)8-7-11(13)4/h11-13H,2,5-9H2,1,3-4H3/t11-,12-,13-/m0/s1. The van der Waals surface area contributed by atoms with E-state index >= 15 is 0 Å². The van der Waals surface area contributed by atoms with Crippen molar-refractivity contribution < 1.29 is 9.53 Å². The summed E-state index contributed by atoms with van der Waals surface area (Å²) in [5.41, 5.74) is 1.23. The minimum absolute atomic E-state index is 0.0401. The molecule has 16 heavy (non-hydrogen) atoms. The lowest BCUT2D eigenvalue weighted by molar-refractivity contribution is -0.154. The van der Waals surface area contributed by atoms with E-state index in [0.29, 0.717) is 18.3 Å². The molecule has 1 aliphatic carbocycles. The molecule has 2 heteroatoms. The summed E-state index contributed by atoms with van der Waals surface area (Å²) in [7, 11) is 0. The highest BCUT2D eigenvalue weighted by Gasteiger charge is 2.30. The lowest BCUT2D eigenvalue weighted by Gasteiger charge is -2.34.